The Morgan fingerprint density at radius 2 is 1.52 bits per heavy atom. The first-order chi connectivity index (χ1) is 26.2. The summed E-state index contributed by atoms with van der Waals surface area (Å²) in [6.45, 7) is 8.82. The van der Waals surface area contributed by atoms with Gasteiger partial charge in [-0.2, -0.15) is 5.26 Å². The average Bonchev–Trinajstić information content (AvgIpc) is 3.80. The van der Waals surface area contributed by atoms with Crippen molar-refractivity contribution in [1.82, 2.24) is 24.2 Å². The number of fused-ring (bicyclic) bond motifs is 1. The van der Waals surface area contributed by atoms with E-state index in [-0.39, 0.29) is 37.5 Å². The van der Waals surface area contributed by atoms with Crippen LogP contribution in [0.1, 0.15) is 63.5 Å². The minimum Gasteiger partial charge on any atom is -0.497 e. The molecule has 1 aliphatic rings. The highest BCUT2D eigenvalue weighted by Gasteiger charge is 2.45. The molecular weight excluding hydrogens is 705 g/mol. The van der Waals surface area contributed by atoms with Crippen LogP contribution in [0.15, 0.2) is 91.5 Å². The van der Waals surface area contributed by atoms with E-state index in [1.54, 1.807) is 20.5 Å². The zero-order chi connectivity index (χ0) is 38.2. The number of nitriles is 1. The van der Waals surface area contributed by atoms with Gasteiger partial charge in [0.05, 0.1) is 52.4 Å². The summed E-state index contributed by atoms with van der Waals surface area (Å²) in [7, 11) is 1.70. The predicted octanol–water partition coefficient (Wildman–Crippen LogP) is 7.38. The van der Waals surface area contributed by atoms with Gasteiger partial charge in [-0.1, -0.05) is 54.6 Å². The van der Waals surface area contributed by atoms with Crippen molar-refractivity contribution >= 4 is 25.5 Å². The number of aromatic nitrogens is 4. The Bertz CT molecular complexity index is 1930. The van der Waals surface area contributed by atoms with Crippen molar-refractivity contribution in [3.63, 3.8) is 0 Å². The maximum Gasteiger partial charge on any atom is 0.259 e. The van der Waals surface area contributed by atoms with Crippen molar-refractivity contribution in [2.24, 2.45) is 0 Å². The monoisotopic (exact) mass is 753 g/mol. The highest BCUT2D eigenvalue weighted by Crippen LogP contribution is 2.51. The number of nitrogens with two attached hydrogens (primary N) is 1. The maximum atomic E-state index is 9.34. The van der Waals surface area contributed by atoms with Gasteiger partial charge in [-0.25, -0.2) is 19.6 Å². The molecule has 6 rings (SSSR count). The van der Waals surface area contributed by atoms with Crippen molar-refractivity contribution in [2.75, 3.05) is 33.2 Å². The lowest BCUT2D eigenvalue weighted by Crippen LogP contribution is -2.39. The van der Waals surface area contributed by atoms with E-state index in [9.17, 15) is 5.26 Å². The fraction of sp³-hybridized carbons (Fsp3) is 0.400. The average molecular weight is 754 g/mol. The van der Waals surface area contributed by atoms with Crippen LogP contribution in [0.4, 0.5) is 5.82 Å². The van der Waals surface area contributed by atoms with E-state index in [4.69, 9.17) is 33.7 Å². The van der Waals surface area contributed by atoms with Crippen molar-refractivity contribution in [2.45, 2.75) is 76.7 Å². The first kappa shape index (κ1) is 39.0. The van der Waals surface area contributed by atoms with Gasteiger partial charge in [0, 0.05) is 18.5 Å². The summed E-state index contributed by atoms with van der Waals surface area (Å²) in [6.07, 6.45) is 2.20. The molecule has 0 aliphatic carbocycles. The molecule has 5 aromatic rings. The molecular formula is C40H48N7O6P. The van der Waals surface area contributed by atoms with Crippen LogP contribution in [-0.4, -0.2) is 75.9 Å². The number of ether oxygens (including phenoxy) is 4. The van der Waals surface area contributed by atoms with Gasteiger partial charge >= 0.3 is 0 Å². The number of benzene rings is 3. The molecule has 0 bridgehead atoms. The van der Waals surface area contributed by atoms with Crippen LogP contribution in [-0.2, 0) is 24.1 Å². The summed E-state index contributed by atoms with van der Waals surface area (Å²) in [4.78, 5) is 13.1. The minimum absolute atomic E-state index is 0.110. The van der Waals surface area contributed by atoms with Crippen LogP contribution in [0.25, 0.3) is 11.2 Å². The van der Waals surface area contributed by atoms with Crippen LogP contribution in [0.2, 0.25) is 0 Å². The zero-order valence-corrected chi connectivity index (χ0v) is 32.4. The van der Waals surface area contributed by atoms with Crippen molar-refractivity contribution in [1.29, 1.82) is 5.26 Å². The molecule has 14 heteroatoms. The lowest BCUT2D eigenvalue weighted by atomic mass is 9.80. The summed E-state index contributed by atoms with van der Waals surface area (Å²) in [5.41, 5.74) is 8.85. The molecule has 54 heavy (non-hydrogen) atoms. The Morgan fingerprint density at radius 1 is 0.907 bits per heavy atom. The summed E-state index contributed by atoms with van der Waals surface area (Å²) in [5, 5.41) is 9.34. The van der Waals surface area contributed by atoms with E-state index in [1.165, 1.54) is 6.33 Å². The fourth-order valence-corrected chi connectivity index (χ4v) is 8.66. The number of hydrogen-bond donors (Lipinski definition) is 1. The van der Waals surface area contributed by atoms with Gasteiger partial charge in [0.15, 0.2) is 11.5 Å². The van der Waals surface area contributed by atoms with Crippen LogP contribution in [0.5, 0.6) is 11.5 Å². The third-order valence-corrected chi connectivity index (χ3v) is 11.6. The molecule has 3 aromatic carbocycles. The largest absolute Gasteiger partial charge is 0.497 e. The van der Waals surface area contributed by atoms with Gasteiger partial charge in [0.1, 0.15) is 41.3 Å². The summed E-state index contributed by atoms with van der Waals surface area (Å²) in [5.74, 6) is 1.75. The van der Waals surface area contributed by atoms with E-state index < -0.39 is 32.6 Å². The lowest BCUT2D eigenvalue weighted by Gasteiger charge is -2.39. The SMILES string of the molecule is COc1ccc(C(OC[C@H]2O[C@@H](n3cnc4c(N)ncnc43)C[C@@H]2OP(OCCC#N)N(C(C)C)C(C)C)(c2ccccc2)c2ccc(OC)cc2)cc1. The van der Waals surface area contributed by atoms with Crippen LogP contribution < -0.4 is 15.2 Å². The summed E-state index contributed by atoms with van der Waals surface area (Å²) in [6, 6.07) is 28.4. The second-order valence-corrected chi connectivity index (χ2v) is 14.9. The number of nitrogen functional groups attached to an aromatic ring is 1. The number of methoxy groups -OCH3 is 2. The molecule has 3 heterocycles. The Hall–Kier alpha value is -4.67. The molecule has 1 saturated heterocycles. The Kier molecular flexibility index (Phi) is 12.8. The van der Waals surface area contributed by atoms with Crippen molar-refractivity contribution in [3.05, 3.63) is 108 Å². The number of nitrogens with zero attached hydrogens (tertiary/aromatic N) is 6. The number of anilines is 1. The zero-order valence-electron chi connectivity index (χ0n) is 31.5. The molecule has 1 fully saturated rings. The predicted molar refractivity (Wildman–Crippen MR) is 207 cm³/mol. The highest BCUT2D eigenvalue weighted by molar-refractivity contribution is 7.44. The molecule has 13 nitrogen and oxygen atoms in total. The first-order valence-electron chi connectivity index (χ1n) is 18.0. The van der Waals surface area contributed by atoms with Crippen LogP contribution >= 0.6 is 8.53 Å². The maximum absolute atomic E-state index is 9.34. The minimum atomic E-state index is -1.60. The smallest absolute Gasteiger partial charge is 0.259 e. The molecule has 0 spiro atoms. The van der Waals surface area contributed by atoms with E-state index in [0.29, 0.717) is 17.6 Å². The molecule has 1 unspecified atom stereocenters. The topological polar surface area (TPSA) is 152 Å². The Morgan fingerprint density at radius 3 is 2.09 bits per heavy atom. The second-order valence-electron chi connectivity index (χ2n) is 13.5. The van der Waals surface area contributed by atoms with Gasteiger partial charge in [0.2, 0.25) is 0 Å². The van der Waals surface area contributed by atoms with E-state index in [0.717, 1.165) is 28.2 Å². The molecule has 4 atom stereocenters. The number of hydrogen-bond acceptors (Lipinski definition) is 12. The normalized spacial score (nSPS) is 18.0. The quantitative estimate of drug-likeness (QED) is 0.0573. The molecule has 1 aliphatic heterocycles. The van der Waals surface area contributed by atoms with Gasteiger partial charge in [-0.15, -0.1) is 0 Å². The van der Waals surface area contributed by atoms with Crippen molar-refractivity contribution in [3.8, 4) is 17.6 Å². The van der Waals surface area contributed by atoms with Gasteiger partial charge < -0.3 is 33.7 Å². The van der Waals surface area contributed by atoms with Crippen LogP contribution in [0.3, 0.4) is 0 Å². The molecule has 284 valence electrons. The molecule has 0 amide bonds. The van der Waals surface area contributed by atoms with Gasteiger partial charge in [-0.05, 0) is 68.7 Å². The number of rotatable bonds is 17. The molecule has 2 aromatic heterocycles. The molecule has 0 saturated carbocycles. The lowest BCUT2D eigenvalue weighted by molar-refractivity contribution is -0.0912. The van der Waals surface area contributed by atoms with Gasteiger partial charge in [-0.3, -0.25) is 4.57 Å². The third kappa shape index (κ3) is 8.20. The molecule has 0 radical (unpaired) electrons. The van der Waals surface area contributed by atoms with E-state index in [1.807, 2.05) is 71.3 Å². The third-order valence-electron chi connectivity index (χ3n) is 9.40. The fourth-order valence-electron chi connectivity index (χ4n) is 6.90. The number of imidazole rings is 1. The molecule has 2 N–H and O–H groups in total. The van der Waals surface area contributed by atoms with E-state index >= 15 is 0 Å². The van der Waals surface area contributed by atoms with E-state index in [2.05, 4.69) is 65.5 Å². The first-order valence-corrected chi connectivity index (χ1v) is 19.1. The Labute approximate surface area is 317 Å². The van der Waals surface area contributed by atoms with Crippen LogP contribution in [0, 0.1) is 11.3 Å². The van der Waals surface area contributed by atoms with Gasteiger partial charge in [0.25, 0.3) is 8.53 Å². The van der Waals surface area contributed by atoms with Crippen molar-refractivity contribution < 1.29 is 28.0 Å². The summed E-state index contributed by atoms with van der Waals surface area (Å²) < 4.78 is 42.7. The Balaban J connectivity index is 1.43. The highest BCUT2D eigenvalue weighted by atomic mass is 31.2. The summed E-state index contributed by atoms with van der Waals surface area (Å²) >= 11 is 0. The standard InChI is InChI=1S/C40H48N7O6P/c1-27(2)47(28(3)4)54(51-22-10-21-41)53-34-23-36(46-26-45-37-38(42)43-25-44-39(37)46)52-35(34)24-50-40(29-11-8-7-9-12-29,30-13-17-32(48-5)18-14-30)31-15-19-33(49-6)20-16-31/h7-9,11-20,25-28,34-36H,10,22-24H2,1-6H3,(H2,42,43,44)/t34-,35+,36+,54?/m0/s1. The second kappa shape index (κ2) is 17.6.